The van der Waals surface area contributed by atoms with Gasteiger partial charge in [0.25, 0.3) is 5.91 Å². The van der Waals surface area contributed by atoms with Gasteiger partial charge in [0.05, 0.1) is 17.1 Å². The van der Waals surface area contributed by atoms with Crippen molar-refractivity contribution in [1.29, 1.82) is 0 Å². The third-order valence-electron chi connectivity index (χ3n) is 10.00. The van der Waals surface area contributed by atoms with Gasteiger partial charge < -0.3 is 14.9 Å². The zero-order chi connectivity index (χ0) is 25.7. The fourth-order valence-corrected chi connectivity index (χ4v) is 8.19. The second-order valence-corrected chi connectivity index (χ2v) is 11.9. The van der Waals surface area contributed by atoms with E-state index >= 15 is 0 Å². The minimum atomic E-state index is -1.05. The molecule has 2 aromatic rings. The second-order valence-electron chi connectivity index (χ2n) is 11.9. The highest BCUT2D eigenvalue weighted by Crippen LogP contribution is 2.66. The normalized spacial score (nSPS) is 33.4. The molecule has 7 heteroatoms. The van der Waals surface area contributed by atoms with E-state index < -0.39 is 23.2 Å². The summed E-state index contributed by atoms with van der Waals surface area (Å²) < 4.78 is 6.59. The molecule has 1 saturated heterocycles. The zero-order valence-corrected chi connectivity index (χ0v) is 21.4. The van der Waals surface area contributed by atoms with E-state index in [9.17, 15) is 19.8 Å². The summed E-state index contributed by atoms with van der Waals surface area (Å²) in [5, 5.41) is 23.5. The highest BCUT2D eigenvalue weighted by Gasteiger charge is 2.73. The molecule has 0 radical (unpaired) electrons. The molecule has 2 heterocycles. The number of imide groups is 1. The number of amides is 2. The van der Waals surface area contributed by atoms with Crippen LogP contribution in [0.1, 0.15) is 66.1 Å². The molecule has 5 atom stereocenters. The number of piperidine rings is 1. The number of benzene rings is 2. The van der Waals surface area contributed by atoms with E-state index in [0.717, 1.165) is 29.8 Å². The van der Waals surface area contributed by atoms with Crippen LogP contribution >= 0.6 is 0 Å². The molecule has 3 fully saturated rings. The van der Waals surface area contributed by atoms with Gasteiger partial charge in [-0.05, 0) is 81.2 Å². The quantitative estimate of drug-likeness (QED) is 0.667. The number of aliphatic hydroxyl groups is 1. The fraction of sp³-hybridized carbons (Fsp3) is 0.533. The number of phenolic OH excluding ortho intramolecular Hbond substituents is 1. The molecule has 37 heavy (non-hydrogen) atoms. The van der Waals surface area contributed by atoms with Gasteiger partial charge in [-0.3, -0.25) is 19.4 Å². The van der Waals surface area contributed by atoms with E-state index in [1.807, 2.05) is 31.2 Å². The number of aryl methyl sites for hydroxylation is 1. The first-order chi connectivity index (χ1) is 17.8. The summed E-state index contributed by atoms with van der Waals surface area (Å²) in [6.07, 6.45) is 4.21. The van der Waals surface area contributed by atoms with Crippen LogP contribution in [0.15, 0.2) is 36.4 Å². The maximum atomic E-state index is 13.9. The second kappa shape index (κ2) is 7.81. The van der Waals surface area contributed by atoms with Crippen LogP contribution in [0.3, 0.4) is 0 Å². The minimum absolute atomic E-state index is 0.0465. The first-order valence-electron chi connectivity index (χ1n) is 13.6. The van der Waals surface area contributed by atoms with E-state index in [1.54, 1.807) is 12.1 Å². The third kappa shape index (κ3) is 3.01. The van der Waals surface area contributed by atoms with Gasteiger partial charge in [0.15, 0.2) is 11.5 Å². The largest absolute Gasteiger partial charge is 0.504 e. The van der Waals surface area contributed by atoms with Gasteiger partial charge in [-0.25, -0.2) is 0 Å². The first-order valence-corrected chi connectivity index (χ1v) is 13.6. The van der Waals surface area contributed by atoms with Gasteiger partial charge in [0.1, 0.15) is 6.10 Å². The van der Waals surface area contributed by atoms with Crippen molar-refractivity contribution in [3.8, 4) is 11.5 Å². The summed E-state index contributed by atoms with van der Waals surface area (Å²) in [6, 6.07) is 10.4. The fourth-order valence-electron chi connectivity index (χ4n) is 8.19. The number of carbonyl (C=O) groups excluding carboxylic acids is 2. The monoisotopic (exact) mass is 502 g/mol. The number of ether oxygens (including phenoxy) is 1. The van der Waals surface area contributed by atoms with Crippen LogP contribution in [0.2, 0.25) is 0 Å². The van der Waals surface area contributed by atoms with Crippen LogP contribution in [0.25, 0.3) is 0 Å². The van der Waals surface area contributed by atoms with E-state index in [-0.39, 0.29) is 23.6 Å². The van der Waals surface area contributed by atoms with Crippen molar-refractivity contribution in [2.45, 2.75) is 81.6 Å². The Bertz CT molecular complexity index is 1320. The highest BCUT2D eigenvalue weighted by atomic mass is 16.5. The Hall–Kier alpha value is -2.90. The molecule has 1 spiro atoms. The van der Waals surface area contributed by atoms with E-state index in [2.05, 4.69) is 4.90 Å². The van der Waals surface area contributed by atoms with Crippen LogP contribution in [0.5, 0.6) is 11.5 Å². The molecule has 5 aliphatic rings. The van der Waals surface area contributed by atoms with Gasteiger partial charge in [-0.15, -0.1) is 0 Å². The highest BCUT2D eigenvalue weighted by molar-refractivity contribution is 6.05. The summed E-state index contributed by atoms with van der Waals surface area (Å²) in [5.41, 5.74) is 1.48. The maximum Gasteiger partial charge on any atom is 0.261 e. The van der Waals surface area contributed by atoms with Crippen molar-refractivity contribution in [3.63, 3.8) is 0 Å². The minimum Gasteiger partial charge on any atom is -0.504 e. The number of hydrogen-bond donors (Lipinski definition) is 2. The Morgan fingerprint density at radius 1 is 1.14 bits per heavy atom. The molecule has 2 aromatic carbocycles. The van der Waals surface area contributed by atoms with Crippen LogP contribution in [-0.2, 0) is 16.6 Å². The lowest BCUT2D eigenvalue weighted by Gasteiger charge is -2.64. The zero-order valence-electron chi connectivity index (χ0n) is 21.4. The molecule has 194 valence electrons. The van der Waals surface area contributed by atoms with Crippen molar-refractivity contribution in [2.24, 2.45) is 5.92 Å². The van der Waals surface area contributed by atoms with E-state index in [4.69, 9.17) is 4.74 Å². The number of nitrogens with zero attached hydrogens (tertiary/aromatic N) is 2. The Kier molecular flexibility index (Phi) is 4.90. The summed E-state index contributed by atoms with van der Waals surface area (Å²) in [7, 11) is 0. The van der Waals surface area contributed by atoms with Crippen molar-refractivity contribution in [2.75, 3.05) is 13.1 Å². The predicted octanol–water partition coefficient (Wildman–Crippen LogP) is 3.32. The summed E-state index contributed by atoms with van der Waals surface area (Å²) in [5.74, 6) is 0.528. The van der Waals surface area contributed by atoms with Gasteiger partial charge in [-0.2, -0.15) is 0 Å². The lowest BCUT2D eigenvalue weighted by atomic mass is 9.48. The van der Waals surface area contributed by atoms with Crippen molar-refractivity contribution in [3.05, 3.63) is 58.7 Å². The van der Waals surface area contributed by atoms with Crippen molar-refractivity contribution >= 4 is 11.8 Å². The van der Waals surface area contributed by atoms with E-state index in [1.165, 1.54) is 24.7 Å². The standard InChI is InChI=1S/C30H34N2O5/c1-17-5-3-4-6-21(17)28(35)32(18(2)33)22-11-12-30(36)24-15-20-9-10-23(34)26-25(20)29(30,27(22)37-26)13-14-31(24)16-19-7-8-19/h3-6,9-10,19,22,24,27,34,36H,7-8,11-16H2,1-2H3/t22-,24-,27+,29+,30-/m1/s1. The van der Waals surface area contributed by atoms with Crippen LogP contribution in [-0.4, -0.2) is 68.7 Å². The SMILES string of the molecule is CC(=O)N(C(=O)c1ccccc1C)[C@@H]1CC[C@@]2(O)[C@H]3Cc4ccc(O)c5c4[C@@]2(CCN3CC2CC2)[C@H]1O5. The molecule has 3 aliphatic carbocycles. The summed E-state index contributed by atoms with van der Waals surface area (Å²) in [6.45, 7) is 5.14. The molecule has 2 N–H and O–H groups in total. The topological polar surface area (TPSA) is 90.3 Å². The van der Waals surface area contributed by atoms with E-state index in [0.29, 0.717) is 42.9 Å². The molecular weight excluding hydrogens is 468 g/mol. The Morgan fingerprint density at radius 3 is 2.65 bits per heavy atom. The number of hydrogen-bond acceptors (Lipinski definition) is 6. The number of aromatic hydroxyl groups is 1. The van der Waals surface area contributed by atoms with Crippen molar-refractivity contribution < 1.29 is 24.5 Å². The third-order valence-corrected chi connectivity index (χ3v) is 10.00. The average molecular weight is 503 g/mol. The number of carbonyl (C=O) groups is 2. The molecule has 2 amide bonds. The Morgan fingerprint density at radius 2 is 1.92 bits per heavy atom. The molecule has 7 nitrogen and oxygen atoms in total. The lowest BCUT2D eigenvalue weighted by Crippen LogP contribution is -2.78. The predicted molar refractivity (Wildman–Crippen MR) is 137 cm³/mol. The van der Waals surface area contributed by atoms with Crippen molar-refractivity contribution in [1.82, 2.24) is 9.80 Å². The molecule has 0 unspecified atom stereocenters. The maximum absolute atomic E-state index is 13.9. The first kappa shape index (κ1) is 23.2. The van der Waals surface area contributed by atoms with Gasteiger partial charge in [0.2, 0.25) is 5.91 Å². The summed E-state index contributed by atoms with van der Waals surface area (Å²) >= 11 is 0. The number of likely N-dealkylation sites (tertiary alicyclic amines) is 1. The lowest BCUT2D eigenvalue weighted by molar-refractivity contribution is -0.199. The Balaban J connectivity index is 1.36. The van der Waals surface area contributed by atoms with Crippen LogP contribution in [0.4, 0.5) is 0 Å². The van der Waals surface area contributed by atoms with Crippen LogP contribution < -0.4 is 4.74 Å². The van der Waals surface area contributed by atoms with Gasteiger partial charge >= 0.3 is 0 Å². The average Bonchev–Trinajstić information content (AvgIpc) is 3.61. The molecule has 2 aliphatic heterocycles. The molecule has 0 aromatic heterocycles. The number of rotatable bonds is 4. The van der Waals surface area contributed by atoms with Gasteiger partial charge in [-0.1, -0.05) is 24.3 Å². The summed E-state index contributed by atoms with van der Waals surface area (Å²) in [4.78, 5) is 30.8. The number of phenols is 1. The molecule has 7 rings (SSSR count). The Labute approximate surface area is 217 Å². The molecule has 2 bridgehead atoms. The molecule has 2 saturated carbocycles. The molecular formula is C30H34N2O5. The van der Waals surface area contributed by atoms with Gasteiger partial charge in [0, 0.05) is 30.6 Å². The smallest absolute Gasteiger partial charge is 0.261 e. The van der Waals surface area contributed by atoms with Crippen LogP contribution in [0, 0.1) is 12.8 Å².